The van der Waals surface area contributed by atoms with Gasteiger partial charge in [0, 0.05) is 31.6 Å². The van der Waals surface area contributed by atoms with E-state index in [1.165, 1.54) is 6.07 Å². The van der Waals surface area contributed by atoms with Gasteiger partial charge in [0.2, 0.25) is 0 Å². The number of hydrogen-bond acceptors (Lipinski definition) is 5. The predicted octanol–water partition coefficient (Wildman–Crippen LogP) is 1.46. The highest BCUT2D eigenvalue weighted by Crippen LogP contribution is 2.29. The molecule has 0 unspecified atom stereocenters. The van der Waals surface area contributed by atoms with E-state index in [-0.39, 0.29) is 0 Å². The van der Waals surface area contributed by atoms with Crippen molar-refractivity contribution >= 4 is 28.0 Å². The van der Waals surface area contributed by atoms with Gasteiger partial charge in [-0.1, -0.05) is 0 Å². The SMILES string of the molecule is CNc1cc2c(NC)cc(=O)oc2cc1N. The van der Waals surface area contributed by atoms with Crippen LogP contribution in [0.3, 0.4) is 0 Å². The smallest absolute Gasteiger partial charge is 0.338 e. The van der Waals surface area contributed by atoms with Crippen molar-refractivity contribution in [3.8, 4) is 0 Å². The van der Waals surface area contributed by atoms with Gasteiger partial charge in [-0.25, -0.2) is 4.79 Å². The van der Waals surface area contributed by atoms with E-state index < -0.39 is 5.63 Å². The first-order valence-corrected chi connectivity index (χ1v) is 4.88. The van der Waals surface area contributed by atoms with Crippen molar-refractivity contribution in [2.45, 2.75) is 0 Å². The molecule has 1 aromatic carbocycles. The Morgan fingerprint density at radius 2 is 1.81 bits per heavy atom. The van der Waals surface area contributed by atoms with Gasteiger partial charge in [-0.2, -0.15) is 0 Å². The molecule has 0 fully saturated rings. The normalized spacial score (nSPS) is 10.4. The van der Waals surface area contributed by atoms with Crippen molar-refractivity contribution in [3.05, 3.63) is 28.6 Å². The van der Waals surface area contributed by atoms with E-state index in [4.69, 9.17) is 10.2 Å². The first kappa shape index (κ1) is 10.4. The third-order valence-corrected chi connectivity index (χ3v) is 2.45. The fourth-order valence-corrected chi connectivity index (χ4v) is 1.65. The largest absolute Gasteiger partial charge is 0.423 e. The van der Waals surface area contributed by atoms with E-state index in [2.05, 4.69) is 10.6 Å². The molecule has 0 spiro atoms. The first-order valence-electron chi connectivity index (χ1n) is 4.88. The van der Waals surface area contributed by atoms with E-state index in [1.807, 2.05) is 6.07 Å². The van der Waals surface area contributed by atoms with Crippen LogP contribution in [0, 0.1) is 0 Å². The highest BCUT2D eigenvalue weighted by atomic mass is 16.4. The monoisotopic (exact) mass is 219 g/mol. The van der Waals surface area contributed by atoms with E-state index >= 15 is 0 Å². The number of nitrogens with one attached hydrogen (secondary N) is 2. The average Bonchev–Trinajstić information content (AvgIpc) is 2.26. The Morgan fingerprint density at radius 3 is 2.44 bits per heavy atom. The molecule has 4 N–H and O–H groups in total. The number of nitrogens with two attached hydrogens (primary N) is 1. The maximum atomic E-state index is 11.3. The fraction of sp³-hybridized carbons (Fsp3) is 0.182. The maximum Gasteiger partial charge on any atom is 0.338 e. The standard InChI is InChI=1S/C11H13N3O2/c1-13-8-5-11(15)16-10-4-7(12)9(14-2)3-6(8)10/h3-5,13-14H,12H2,1-2H3. The van der Waals surface area contributed by atoms with Crippen molar-refractivity contribution in [2.24, 2.45) is 0 Å². The topological polar surface area (TPSA) is 80.3 Å². The average molecular weight is 219 g/mol. The van der Waals surface area contributed by atoms with Gasteiger partial charge in [-0.3, -0.25) is 0 Å². The molecule has 0 radical (unpaired) electrons. The minimum atomic E-state index is -0.395. The molecule has 0 atom stereocenters. The third kappa shape index (κ3) is 1.56. The molecule has 0 saturated carbocycles. The van der Waals surface area contributed by atoms with Crippen LogP contribution < -0.4 is 22.0 Å². The molecule has 2 rings (SSSR count). The summed E-state index contributed by atoms with van der Waals surface area (Å²) in [6.07, 6.45) is 0. The molecular weight excluding hydrogens is 206 g/mol. The molecule has 1 heterocycles. The summed E-state index contributed by atoms with van der Waals surface area (Å²) in [5, 5.41) is 6.75. The molecule has 0 aliphatic carbocycles. The predicted molar refractivity (Wildman–Crippen MR) is 66.0 cm³/mol. The zero-order chi connectivity index (χ0) is 11.7. The third-order valence-electron chi connectivity index (χ3n) is 2.45. The van der Waals surface area contributed by atoms with Gasteiger partial charge < -0.3 is 20.8 Å². The summed E-state index contributed by atoms with van der Waals surface area (Å²) in [5.41, 5.74) is 7.95. The van der Waals surface area contributed by atoms with Crippen LogP contribution >= 0.6 is 0 Å². The number of rotatable bonds is 2. The fourth-order valence-electron chi connectivity index (χ4n) is 1.65. The highest BCUT2D eigenvalue weighted by molar-refractivity contribution is 5.95. The summed E-state index contributed by atoms with van der Waals surface area (Å²) in [6.45, 7) is 0. The van der Waals surface area contributed by atoms with Crippen LogP contribution in [0.25, 0.3) is 11.0 Å². The lowest BCUT2D eigenvalue weighted by Gasteiger charge is -2.09. The van der Waals surface area contributed by atoms with Crippen LogP contribution in [0.15, 0.2) is 27.4 Å². The summed E-state index contributed by atoms with van der Waals surface area (Å²) in [5.74, 6) is 0. The quantitative estimate of drug-likeness (QED) is 0.526. The van der Waals surface area contributed by atoms with Gasteiger partial charge in [-0.05, 0) is 6.07 Å². The van der Waals surface area contributed by atoms with Crippen molar-refractivity contribution in [3.63, 3.8) is 0 Å². The summed E-state index contributed by atoms with van der Waals surface area (Å²) in [6, 6.07) is 4.90. The second kappa shape index (κ2) is 3.77. The molecule has 16 heavy (non-hydrogen) atoms. The van der Waals surface area contributed by atoms with E-state index in [0.29, 0.717) is 11.3 Å². The number of benzene rings is 1. The van der Waals surface area contributed by atoms with Gasteiger partial charge in [0.05, 0.1) is 17.1 Å². The molecule has 0 aliphatic rings. The summed E-state index contributed by atoms with van der Waals surface area (Å²) in [4.78, 5) is 11.3. The molecule has 0 bridgehead atoms. The van der Waals surface area contributed by atoms with Crippen LogP contribution in [-0.2, 0) is 0 Å². The number of fused-ring (bicyclic) bond motifs is 1. The summed E-state index contributed by atoms with van der Waals surface area (Å²) >= 11 is 0. The number of nitrogen functional groups attached to an aromatic ring is 1. The Hall–Kier alpha value is -2.17. The van der Waals surface area contributed by atoms with Crippen molar-refractivity contribution in [1.29, 1.82) is 0 Å². The zero-order valence-corrected chi connectivity index (χ0v) is 9.13. The van der Waals surface area contributed by atoms with Crippen LogP contribution in [0.1, 0.15) is 0 Å². The Balaban J connectivity index is 2.85. The summed E-state index contributed by atoms with van der Waals surface area (Å²) in [7, 11) is 3.54. The minimum Gasteiger partial charge on any atom is -0.423 e. The van der Waals surface area contributed by atoms with Crippen LogP contribution in [0.5, 0.6) is 0 Å². The van der Waals surface area contributed by atoms with Crippen molar-refractivity contribution in [2.75, 3.05) is 30.5 Å². The second-order valence-electron chi connectivity index (χ2n) is 3.41. The Bertz CT molecular complexity index is 590. The first-order chi connectivity index (χ1) is 7.65. The molecule has 1 aromatic heterocycles. The Kier molecular flexibility index (Phi) is 2.44. The lowest BCUT2D eigenvalue weighted by Crippen LogP contribution is -2.02. The van der Waals surface area contributed by atoms with E-state index in [9.17, 15) is 4.79 Å². The molecule has 2 aromatic rings. The van der Waals surface area contributed by atoms with Gasteiger partial charge in [-0.15, -0.1) is 0 Å². The van der Waals surface area contributed by atoms with Gasteiger partial charge in [0.1, 0.15) is 5.58 Å². The molecule has 0 aliphatic heterocycles. The van der Waals surface area contributed by atoms with E-state index in [0.717, 1.165) is 16.8 Å². The van der Waals surface area contributed by atoms with Gasteiger partial charge >= 0.3 is 5.63 Å². The van der Waals surface area contributed by atoms with Gasteiger partial charge in [0.15, 0.2) is 0 Å². The number of hydrogen-bond donors (Lipinski definition) is 3. The highest BCUT2D eigenvalue weighted by Gasteiger charge is 2.07. The molecule has 0 saturated heterocycles. The second-order valence-corrected chi connectivity index (χ2v) is 3.41. The Labute approximate surface area is 92.2 Å². The summed E-state index contributed by atoms with van der Waals surface area (Å²) < 4.78 is 5.08. The van der Waals surface area contributed by atoms with Crippen LogP contribution in [0.4, 0.5) is 17.1 Å². The molecule has 0 amide bonds. The lowest BCUT2D eigenvalue weighted by atomic mass is 10.1. The maximum absolute atomic E-state index is 11.3. The van der Waals surface area contributed by atoms with Crippen molar-refractivity contribution < 1.29 is 4.42 Å². The number of anilines is 3. The molecule has 5 heteroatoms. The Morgan fingerprint density at radius 1 is 1.12 bits per heavy atom. The zero-order valence-electron chi connectivity index (χ0n) is 9.13. The molecule has 84 valence electrons. The van der Waals surface area contributed by atoms with Crippen molar-refractivity contribution in [1.82, 2.24) is 0 Å². The lowest BCUT2D eigenvalue weighted by molar-refractivity contribution is 0.562. The molecular formula is C11H13N3O2. The minimum absolute atomic E-state index is 0.395. The van der Waals surface area contributed by atoms with Crippen LogP contribution in [-0.4, -0.2) is 14.1 Å². The molecule has 5 nitrogen and oxygen atoms in total. The van der Waals surface area contributed by atoms with Crippen LogP contribution in [0.2, 0.25) is 0 Å². The van der Waals surface area contributed by atoms with Gasteiger partial charge in [0.25, 0.3) is 0 Å². The van der Waals surface area contributed by atoms with E-state index in [1.54, 1.807) is 20.2 Å².